The lowest BCUT2D eigenvalue weighted by Crippen LogP contribution is -2.34. The van der Waals surface area contributed by atoms with Gasteiger partial charge in [0.25, 0.3) is 0 Å². The van der Waals surface area contributed by atoms with Gasteiger partial charge in [-0.2, -0.15) is 10.4 Å². The third-order valence-corrected chi connectivity index (χ3v) is 3.91. The topological polar surface area (TPSA) is 65.1 Å². The van der Waals surface area contributed by atoms with Gasteiger partial charge in [0.15, 0.2) is 0 Å². The monoisotopic (exact) mass is 262 g/mol. The highest BCUT2D eigenvalue weighted by atomic mass is 16.3. The standard InChI is InChI=1S/C14H22N4O/c1-11-14(12(2)18(16-11)6-7-19)10-17-5-3-4-13(8-15)9-17/h13,19H,3-7,9-10H2,1-2H3. The normalized spacial score (nSPS) is 20.4. The first kappa shape index (κ1) is 14.0. The van der Waals surface area contributed by atoms with Crippen LogP contribution in [0.25, 0.3) is 0 Å². The van der Waals surface area contributed by atoms with Crippen LogP contribution in [0.3, 0.4) is 0 Å². The summed E-state index contributed by atoms with van der Waals surface area (Å²) in [5, 5.41) is 22.5. The number of hydrogen-bond donors (Lipinski definition) is 1. The van der Waals surface area contributed by atoms with Gasteiger partial charge in [0, 0.05) is 24.3 Å². The lowest BCUT2D eigenvalue weighted by atomic mass is 9.99. The summed E-state index contributed by atoms with van der Waals surface area (Å²) in [7, 11) is 0. The molecule has 0 aliphatic carbocycles. The van der Waals surface area contributed by atoms with Crippen LogP contribution in [0, 0.1) is 31.1 Å². The summed E-state index contributed by atoms with van der Waals surface area (Å²) >= 11 is 0. The number of piperidine rings is 1. The van der Waals surface area contributed by atoms with E-state index in [-0.39, 0.29) is 12.5 Å². The number of aliphatic hydroxyl groups excluding tert-OH is 1. The molecule has 2 rings (SSSR count). The number of nitrogens with zero attached hydrogens (tertiary/aromatic N) is 4. The minimum Gasteiger partial charge on any atom is -0.394 e. The predicted octanol–water partition coefficient (Wildman–Crippen LogP) is 1.23. The van der Waals surface area contributed by atoms with E-state index < -0.39 is 0 Å². The van der Waals surface area contributed by atoms with E-state index in [1.807, 2.05) is 11.6 Å². The first-order chi connectivity index (χ1) is 9.15. The number of aliphatic hydroxyl groups is 1. The lowest BCUT2D eigenvalue weighted by Gasteiger charge is -2.29. The molecule has 1 aliphatic rings. The van der Waals surface area contributed by atoms with Crippen molar-refractivity contribution in [3.8, 4) is 6.07 Å². The summed E-state index contributed by atoms with van der Waals surface area (Å²) < 4.78 is 1.87. The van der Waals surface area contributed by atoms with Crippen LogP contribution in [-0.4, -0.2) is 39.5 Å². The molecule has 1 atom stereocenters. The first-order valence-corrected chi connectivity index (χ1v) is 6.91. The molecule has 0 bridgehead atoms. The smallest absolute Gasteiger partial charge is 0.0669 e. The van der Waals surface area contributed by atoms with E-state index in [1.54, 1.807) is 0 Å². The molecule has 5 heteroatoms. The molecule has 1 aromatic heterocycles. The Kier molecular flexibility index (Phi) is 4.56. The zero-order valence-corrected chi connectivity index (χ0v) is 11.8. The molecule has 0 spiro atoms. The van der Waals surface area contributed by atoms with Crippen molar-refractivity contribution in [1.82, 2.24) is 14.7 Å². The number of hydrogen-bond acceptors (Lipinski definition) is 4. The Morgan fingerprint density at radius 1 is 1.47 bits per heavy atom. The number of aryl methyl sites for hydroxylation is 1. The zero-order chi connectivity index (χ0) is 13.8. The van der Waals surface area contributed by atoms with Gasteiger partial charge in [0.05, 0.1) is 30.8 Å². The minimum atomic E-state index is 0.113. The summed E-state index contributed by atoms with van der Waals surface area (Å²) in [4.78, 5) is 2.34. The van der Waals surface area contributed by atoms with Gasteiger partial charge in [-0.3, -0.25) is 9.58 Å². The van der Waals surface area contributed by atoms with E-state index in [4.69, 9.17) is 10.4 Å². The molecule has 2 heterocycles. The fourth-order valence-electron chi connectivity index (χ4n) is 2.80. The zero-order valence-electron chi connectivity index (χ0n) is 11.8. The van der Waals surface area contributed by atoms with Crippen LogP contribution >= 0.6 is 0 Å². The van der Waals surface area contributed by atoms with Crippen molar-refractivity contribution >= 4 is 0 Å². The maximum atomic E-state index is 9.04. The van der Waals surface area contributed by atoms with E-state index in [1.165, 1.54) is 5.56 Å². The average Bonchev–Trinajstić information content (AvgIpc) is 2.67. The Hall–Kier alpha value is -1.38. The fraction of sp³-hybridized carbons (Fsp3) is 0.714. The van der Waals surface area contributed by atoms with Crippen molar-refractivity contribution in [3.05, 3.63) is 17.0 Å². The molecule has 0 aromatic carbocycles. The maximum absolute atomic E-state index is 9.04. The third-order valence-electron chi connectivity index (χ3n) is 3.91. The fourth-order valence-corrected chi connectivity index (χ4v) is 2.80. The molecular formula is C14H22N4O. The van der Waals surface area contributed by atoms with E-state index >= 15 is 0 Å². The molecule has 1 aromatic rings. The van der Waals surface area contributed by atoms with Crippen LogP contribution in [0.5, 0.6) is 0 Å². The van der Waals surface area contributed by atoms with Crippen LogP contribution in [0.4, 0.5) is 0 Å². The summed E-state index contributed by atoms with van der Waals surface area (Å²) in [5.41, 5.74) is 3.41. The maximum Gasteiger partial charge on any atom is 0.0669 e. The quantitative estimate of drug-likeness (QED) is 0.886. The van der Waals surface area contributed by atoms with Crippen molar-refractivity contribution in [2.75, 3.05) is 19.7 Å². The molecule has 104 valence electrons. The molecule has 19 heavy (non-hydrogen) atoms. The Balaban J connectivity index is 2.08. The number of nitriles is 1. The number of aromatic nitrogens is 2. The predicted molar refractivity (Wildman–Crippen MR) is 72.4 cm³/mol. The van der Waals surface area contributed by atoms with Gasteiger partial charge in [-0.1, -0.05) is 0 Å². The molecule has 5 nitrogen and oxygen atoms in total. The van der Waals surface area contributed by atoms with Crippen molar-refractivity contribution in [1.29, 1.82) is 5.26 Å². The molecule has 1 saturated heterocycles. The van der Waals surface area contributed by atoms with Crippen LogP contribution in [-0.2, 0) is 13.1 Å². The molecule has 0 amide bonds. The van der Waals surface area contributed by atoms with E-state index in [9.17, 15) is 0 Å². The van der Waals surface area contributed by atoms with Gasteiger partial charge < -0.3 is 5.11 Å². The largest absolute Gasteiger partial charge is 0.394 e. The van der Waals surface area contributed by atoms with Crippen molar-refractivity contribution in [2.24, 2.45) is 5.92 Å². The lowest BCUT2D eigenvalue weighted by molar-refractivity contribution is 0.191. The summed E-state index contributed by atoms with van der Waals surface area (Å²) in [6, 6.07) is 2.38. The van der Waals surface area contributed by atoms with Gasteiger partial charge in [0.2, 0.25) is 0 Å². The molecule has 1 aliphatic heterocycles. The molecule has 1 unspecified atom stereocenters. The molecule has 1 N–H and O–H groups in total. The van der Waals surface area contributed by atoms with Crippen LogP contribution < -0.4 is 0 Å². The van der Waals surface area contributed by atoms with Crippen molar-refractivity contribution in [2.45, 2.75) is 39.8 Å². The Labute approximate surface area is 114 Å². The highest BCUT2D eigenvalue weighted by molar-refractivity contribution is 5.24. The first-order valence-electron chi connectivity index (χ1n) is 6.91. The van der Waals surface area contributed by atoms with Crippen LogP contribution in [0.1, 0.15) is 29.8 Å². The number of rotatable bonds is 4. The summed E-state index contributed by atoms with van der Waals surface area (Å²) in [5.74, 6) is 0.168. The van der Waals surface area contributed by atoms with Crippen molar-refractivity contribution < 1.29 is 5.11 Å². The Morgan fingerprint density at radius 2 is 2.26 bits per heavy atom. The number of likely N-dealkylation sites (tertiary alicyclic amines) is 1. The second kappa shape index (κ2) is 6.18. The van der Waals surface area contributed by atoms with Gasteiger partial charge >= 0.3 is 0 Å². The second-order valence-electron chi connectivity index (χ2n) is 5.30. The van der Waals surface area contributed by atoms with Crippen molar-refractivity contribution in [3.63, 3.8) is 0 Å². The highest BCUT2D eigenvalue weighted by Gasteiger charge is 2.21. The SMILES string of the molecule is Cc1nn(CCO)c(C)c1CN1CCCC(C#N)C1. The van der Waals surface area contributed by atoms with Gasteiger partial charge in [-0.05, 0) is 33.2 Å². The Bertz CT molecular complexity index is 475. The van der Waals surface area contributed by atoms with Crippen LogP contribution in [0.2, 0.25) is 0 Å². The van der Waals surface area contributed by atoms with Gasteiger partial charge in [-0.15, -0.1) is 0 Å². The highest BCUT2D eigenvalue weighted by Crippen LogP contribution is 2.21. The molecule has 1 fully saturated rings. The average molecular weight is 262 g/mol. The second-order valence-corrected chi connectivity index (χ2v) is 5.30. The Morgan fingerprint density at radius 3 is 2.95 bits per heavy atom. The molecular weight excluding hydrogens is 240 g/mol. The van der Waals surface area contributed by atoms with E-state index in [0.717, 1.165) is 43.9 Å². The van der Waals surface area contributed by atoms with Gasteiger partial charge in [-0.25, -0.2) is 0 Å². The summed E-state index contributed by atoms with van der Waals surface area (Å²) in [6.07, 6.45) is 2.12. The van der Waals surface area contributed by atoms with E-state index in [2.05, 4.69) is 23.0 Å². The van der Waals surface area contributed by atoms with E-state index in [0.29, 0.717) is 6.54 Å². The molecule has 0 radical (unpaired) electrons. The van der Waals surface area contributed by atoms with Crippen LogP contribution in [0.15, 0.2) is 0 Å². The minimum absolute atomic E-state index is 0.113. The summed E-state index contributed by atoms with van der Waals surface area (Å²) in [6.45, 7) is 7.51. The van der Waals surface area contributed by atoms with Gasteiger partial charge in [0.1, 0.15) is 0 Å². The third kappa shape index (κ3) is 3.14. The molecule has 0 saturated carbocycles.